The number of aryl methyl sites for hydroxylation is 1. The van der Waals surface area contributed by atoms with Crippen molar-refractivity contribution >= 4 is 32.7 Å². The van der Waals surface area contributed by atoms with Gasteiger partial charge in [-0.3, -0.25) is 4.21 Å². The molecule has 1 aliphatic rings. The molecule has 5 rings (SSSR count). The molecule has 2 atom stereocenters. The van der Waals surface area contributed by atoms with Crippen LogP contribution in [-0.2, 0) is 10.8 Å². The first-order valence-corrected chi connectivity index (χ1v) is 12.5. The van der Waals surface area contributed by atoms with Gasteiger partial charge in [-0.05, 0) is 80.9 Å². The predicted molar refractivity (Wildman–Crippen MR) is 133 cm³/mol. The Morgan fingerprint density at radius 2 is 2.06 bits per heavy atom. The lowest BCUT2D eigenvalue weighted by Gasteiger charge is -2.17. The van der Waals surface area contributed by atoms with Crippen molar-refractivity contribution in [2.75, 3.05) is 27.2 Å². The van der Waals surface area contributed by atoms with Crippen molar-refractivity contribution in [2.24, 2.45) is 0 Å². The average molecular weight is 464 g/mol. The second-order valence-electron chi connectivity index (χ2n) is 9.15. The first kappa shape index (κ1) is 22.1. The molecule has 1 fully saturated rings. The summed E-state index contributed by atoms with van der Waals surface area (Å²) in [5.74, 6) is 0.680. The second-order valence-corrected chi connectivity index (χ2v) is 10.9. The van der Waals surface area contributed by atoms with Crippen molar-refractivity contribution in [1.29, 1.82) is 0 Å². The minimum Gasteiger partial charge on any atom is -0.489 e. The molecule has 0 radical (unpaired) electrons. The number of nitrogens with one attached hydrogen (secondary N) is 1. The molecule has 2 aromatic carbocycles. The molecule has 1 saturated carbocycles. The highest BCUT2D eigenvalue weighted by Gasteiger charge is 2.29. The van der Waals surface area contributed by atoms with Crippen molar-refractivity contribution in [1.82, 2.24) is 14.9 Å². The first-order valence-electron chi connectivity index (χ1n) is 11.3. The van der Waals surface area contributed by atoms with E-state index in [-0.39, 0.29) is 6.61 Å². The number of hydrogen-bond acceptors (Lipinski definition) is 5. The van der Waals surface area contributed by atoms with Gasteiger partial charge in [0.2, 0.25) is 0 Å². The van der Waals surface area contributed by atoms with E-state index >= 15 is 0 Å². The van der Waals surface area contributed by atoms with Gasteiger partial charge in [0.25, 0.3) is 0 Å². The van der Waals surface area contributed by atoms with Crippen LogP contribution in [0.2, 0.25) is 0 Å². The fourth-order valence-electron chi connectivity index (χ4n) is 4.25. The molecule has 2 N–H and O–H groups in total. The van der Waals surface area contributed by atoms with E-state index in [4.69, 9.17) is 4.74 Å². The molecule has 2 aromatic heterocycles. The van der Waals surface area contributed by atoms with Crippen LogP contribution in [0.3, 0.4) is 0 Å². The molecule has 2 unspecified atom stereocenters. The number of aromatic amines is 1. The molecule has 0 aliphatic heterocycles. The Morgan fingerprint density at radius 1 is 1.24 bits per heavy atom. The lowest BCUT2D eigenvalue weighted by atomic mass is 9.99. The third kappa shape index (κ3) is 4.53. The Balaban J connectivity index is 1.61. The maximum atomic E-state index is 12.8. The molecule has 1 aliphatic carbocycles. The van der Waals surface area contributed by atoms with Crippen molar-refractivity contribution < 1.29 is 14.1 Å². The zero-order valence-corrected chi connectivity index (χ0v) is 20.0. The maximum Gasteiger partial charge on any atom is 0.143 e. The number of aliphatic hydroxyl groups excluding tert-OH is 1. The van der Waals surface area contributed by atoms with E-state index < -0.39 is 16.9 Å². The standard InChI is InChI=1S/C26H29N3O3S/c1-16-11-22-24-21(17-5-4-6-20(12-17)33(31)19-7-8-19)9-10-23(25(24)28-26(22)27-13-16)32-15-18(30)14-29(2)3/h4-6,9-13,18-19,30H,7-8,14-15H2,1-3H3,(H,27,28). The van der Waals surface area contributed by atoms with E-state index in [1.54, 1.807) is 0 Å². The molecule has 4 aromatic rings. The molecule has 6 nitrogen and oxygen atoms in total. The highest BCUT2D eigenvalue weighted by Crippen LogP contribution is 2.40. The Morgan fingerprint density at radius 3 is 2.82 bits per heavy atom. The summed E-state index contributed by atoms with van der Waals surface area (Å²) >= 11 is 0. The largest absolute Gasteiger partial charge is 0.489 e. The lowest BCUT2D eigenvalue weighted by molar-refractivity contribution is 0.0837. The van der Waals surface area contributed by atoms with E-state index in [0.29, 0.717) is 17.5 Å². The number of ether oxygens (including phenoxy) is 1. The monoisotopic (exact) mass is 463 g/mol. The van der Waals surface area contributed by atoms with Gasteiger partial charge in [-0.15, -0.1) is 0 Å². The van der Waals surface area contributed by atoms with Crippen LogP contribution in [0.1, 0.15) is 18.4 Å². The fourth-order valence-corrected chi connectivity index (χ4v) is 5.65. The minimum atomic E-state index is -0.957. The smallest absolute Gasteiger partial charge is 0.143 e. The molecule has 2 heterocycles. The third-order valence-corrected chi connectivity index (χ3v) is 7.71. The number of fused-ring (bicyclic) bond motifs is 3. The number of rotatable bonds is 8. The van der Waals surface area contributed by atoms with Gasteiger partial charge >= 0.3 is 0 Å². The van der Waals surface area contributed by atoms with Gasteiger partial charge in [-0.25, -0.2) is 4.98 Å². The van der Waals surface area contributed by atoms with Gasteiger partial charge in [0.15, 0.2) is 0 Å². The quantitative estimate of drug-likeness (QED) is 0.408. The molecule has 0 saturated heterocycles. The van der Waals surface area contributed by atoms with Gasteiger partial charge in [0.1, 0.15) is 24.1 Å². The average Bonchev–Trinajstić information content (AvgIpc) is 3.57. The highest BCUT2D eigenvalue weighted by atomic mass is 32.2. The number of likely N-dealkylation sites (N-methyl/N-ethyl adjacent to an activating group) is 1. The number of H-pyrrole nitrogens is 1. The number of pyridine rings is 1. The van der Waals surface area contributed by atoms with Crippen molar-refractivity contribution in [3.8, 4) is 16.9 Å². The maximum absolute atomic E-state index is 12.8. The predicted octanol–water partition coefficient (Wildman–Crippen LogP) is 4.26. The molecular weight excluding hydrogens is 434 g/mol. The summed E-state index contributed by atoms with van der Waals surface area (Å²) in [6.07, 6.45) is 3.34. The van der Waals surface area contributed by atoms with E-state index in [9.17, 15) is 9.32 Å². The summed E-state index contributed by atoms with van der Waals surface area (Å²) < 4.78 is 18.8. The Bertz CT molecular complexity index is 1340. The van der Waals surface area contributed by atoms with E-state index in [2.05, 4.69) is 22.1 Å². The van der Waals surface area contributed by atoms with E-state index in [1.807, 2.05) is 62.4 Å². The van der Waals surface area contributed by atoms with Crippen molar-refractivity contribution in [2.45, 2.75) is 36.0 Å². The summed E-state index contributed by atoms with van der Waals surface area (Å²) in [7, 11) is 2.89. The van der Waals surface area contributed by atoms with Crippen LogP contribution in [0.4, 0.5) is 0 Å². The number of nitrogens with zero attached hydrogens (tertiary/aromatic N) is 2. The van der Waals surface area contributed by atoms with Crippen LogP contribution in [0, 0.1) is 6.92 Å². The zero-order valence-electron chi connectivity index (χ0n) is 19.2. The van der Waals surface area contributed by atoms with Crippen LogP contribution >= 0.6 is 0 Å². The van der Waals surface area contributed by atoms with Crippen molar-refractivity contribution in [3.05, 3.63) is 54.2 Å². The molecular formula is C26H29N3O3S. The molecule has 33 heavy (non-hydrogen) atoms. The Kier molecular flexibility index (Phi) is 5.95. The Hall–Kier alpha value is -2.74. The van der Waals surface area contributed by atoms with Crippen LogP contribution in [0.15, 0.2) is 53.6 Å². The van der Waals surface area contributed by atoms with Gasteiger partial charge < -0.3 is 19.7 Å². The molecule has 0 spiro atoms. The fraction of sp³-hybridized carbons (Fsp3) is 0.346. The van der Waals surface area contributed by atoms with Crippen LogP contribution < -0.4 is 4.74 Å². The summed E-state index contributed by atoms with van der Waals surface area (Å²) in [5.41, 5.74) is 4.78. The second kappa shape index (κ2) is 8.89. The van der Waals surface area contributed by atoms with Gasteiger partial charge in [0, 0.05) is 33.7 Å². The highest BCUT2D eigenvalue weighted by molar-refractivity contribution is 7.86. The molecule has 0 bridgehead atoms. The van der Waals surface area contributed by atoms with Crippen LogP contribution in [0.25, 0.3) is 33.1 Å². The van der Waals surface area contributed by atoms with E-state index in [1.165, 1.54) is 0 Å². The normalized spacial score (nSPS) is 15.9. The lowest BCUT2D eigenvalue weighted by Crippen LogP contribution is -2.30. The third-order valence-electron chi connectivity index (χ3n) is 5.92. The topological polar surface area (TPSA) is 78.5 Å². The summed E-state index contributed by atoms with van der Waals surface area (Å²) in [6.45, 7) is 2.76. The summed E-state index contributed by atoms with van der Waals surface area (Å²) in [5, 5.41) is 12.6. The Labute approximate surface area is 196 Å². The van der Waals surface area contributed by atoms with Crippen LogP contribution in [-0.4, -0.2) is 62.8 Å². The van der Waals surface area contributed by atoms with Crippen molar-refractivity contribution in [3.63, 3.8) is 0 Å². The van der Waals surface area contributed by atoms with Gasteiger partial charge in [-0.2, -0.15) is 0 Å². The van der Waals surface area contributed by atoms with E-state index in [0.717, 1.165) is 56.4 Å². The van der Waals surface area contributed by atoms with Gasteiger partial charge in [0.05, 0.1) is 16.3 Å². The number of aromatic nitrogens is 2. The molecule has 172 valence electrons. The summed E-state index contributed by atoms with van der Waals surface area (Å²) in [6, 6.07) is 14.2. The molecule has 7 heteroatoms. The number of hydrogen-bond donors (Lipinski definition) is 2. The minimum absolute atomic E-state index is 0.199. The van der Waals surface area contributed by atoms with Gasteiger partial charge in [-0.1, -0.05) is 12.1 Å². The zero-order chi connectivity index (χ0) is 23.1. The number of benzene rings is 2. The van der Waals surface area contributed by atoms with Crippen LogP contribution in [0.5, 0.6) is 5.75 Å². The first-order chi connectivity index (χ1) is 15.9. The molecule has 0 amide bonds. The number of aliphatic hydroxyl groups is 1. The SMILES string of the molecule is Cc1cnc2[nH]c3c(OCC(O)CN(C)C)ccc(-c4cccc(S(=O)C5CC5)c4)c3c2c1. The summed E-state index contributed by atoms with van der Waals surface area (Å²) in [4.78, 5) is 10.8.